The molecule has 1 aliphatic rings. The van der Waals surface area contributed by atoms with E-state index in [2.05, 4.69) is 41.8 Å². The molecule has 1 N–H and O–H groups in total. The van der Waals surface area contributed by atoms with Crippen LogP contribution in [0.15, 0.2) is 0 Å². The number of unbranched alkanes of at least 4 members (excludes halogenated alkanes) is 1. The van der Waals surface area contributed by atoms with Crippen molar-refractivity contribution in [3.8, 4) is 0 Å². The molecular formula is C10H20IN. The topological polar surface area (TPSA) is 12.0 Å². The standard InChI is InChI=1S/C10H20IN/c1-3-10(2)8-9(12-10)6-4-5-7-11/h9,12H,3-8H2,1-2H3. The Kier molecular flexibility index (Phi) is 4.30. The Balaban J connectivity index is 2.02. The molecule has 0 spiro atoms. The van der Waals surface area contributed by atoms with Crippen LogP contribution in [0.2, 0.25) is 0 Å². The number of alkyl halides is 1. The number of rotatable bonds is 5. The van der Waals surface area contributed by atoms with Crippen molar-refractivity contribution in [1.82, 2.24) is 5.32 Å². The highest BCUT2D eigenvalue weighted by Gasteiger charge is 2.36. The van der Waals surface area contributed by atoms with Crippen LogP contribution < -0.4 is 5.32 Å². The molecule has 1 aliphatic heterocycles. The zero-order valence-corrected chi connectivity index (χ0v) is 10.4. The predicted molar refractivity (Wildman–Crippen MR) is 63.0 cm³/mol. The first-order chi connectivity index (χ1) is 5.70. The third kappa shape index (κ3) is 2.87. The van der Waals surface area contributed by atoms with Gasteiger partial charge in [0.15, 0.2) is 0 Å². The van der Waals surface area contributed by atoms with Gasteiger partial charge in [-0.3, -0.25) is 0 Å². The smallest absolute Gasteiger partial charge is 0.0168 e. The summed E-state index contributed by atoms with van der Waals surface area (Å²) in [5, 5.41) is 3.66. The normalized spacial score (nSPS) is 34.8. The summed E-state index contributed by atoms with van der Waals surface area (Å²) in [6, 6.07) is 0.831. The molecule has 1 heterocycles. The van der Waals surface area contributed by atoms with Crippen LogP contribution in [0.4, 0.5) is 0 Å². The van der Waals surface area contributed by atoms with Crippen molar-refractivity contribution >= 4 is 22.6 Å². The summed E-state index contributed by atoms with van der Waals surface area (Å²) in [5.74, 6) is 0. The van der Waals surface area contributed by atoms with Gasteiger partial charge >= 0.3 is 0 Å². The number of halogens is 1. The minimum absolute atomic E-state index is 0.481. The molecule has 0 aromatic heterocycles. The molecule has 0 amide bonds. The lowest BCUT2D eigenvalue weighted by Crippen LogP contribution is -2.61. The Morgan fingerprint density at radius 3 is 2.67 bits per heavy atom. The van der Waals surface area contributed by atoms with Crippen molar-refractivity contribution in [1.29, 1.82) is 0 Å². The molecule has 0 aromatic rings. The summed E-state index contributed by atoms with van der Waals surface area (Å²) in [4.78, 5) is 0. The number of hydrogen-bond acceptors (Lipinski definition) is 1. The number of hydrogen-bond donors (Lipinski definition) is 1. The molecule has 12 heavy (non-hydrogen) atoms. The van der Waals surface area contributed by atoms with E-state index < -0.39 is 0 Å². The van der Waals surface area contributed by atoms with E-state index in [1.807, 2.05) is 0 Å². The van der Waals surface area contributed by atoms with Crippen molar-refractivity contribution in [3.63, 3.8) is 0 Å². The first kappa shape index (κ1) is 10.8. The fourth-order valence-corrected chi connectivity index (χ4v) is 2.46. The zero-order chi connectivity index (χ0) is 9.03. The monoisotopic (exact) mass is 281 g/mol. The summed E-state index contributed by atoms with van der Waals surface area (Å²) in [5.41, 5.74) is 0.481. The van der Waals surface area contributed by atoms with E-state index >= 15 is 0 Å². The average molecular weight is 281 g/mol. The fraction of sp³-hybridized carbons (Fsp3) is 1.00. The van der Waals surface area contributed by atoms with E-state index in [-0.39, 0.29) is 0 Å². The van der Waals surface area contributed by atoms with Crippen molar-refractivity contribution in [2.75, 3.05) is 4.43 Å². The van der Waals surface area contributed by atoms with E-state index in [9.17, 15) is 0 Å². The molecular weight excluding hydrogens is 261 g/mol. The maximum absolute atomic E-state index is 3.66. The summed E-state index contributed by atoms with van der Waals surface area (Å²) in [6.45, 7) is 4.61. The summed E-state index contributed by atoms with van der Waals surface area (Å²) >= 11 is 2.46. The molecule has 0 bridgehead atoms. The van der Waals surface area contributed by atoms with Gasteiger partial charge in [-0.2, -0.15) is 0 Å². The van der Waals surface area contributed by atoms with E-state index in [0.29, 0.717) is 5.54 Å². The van der Waals surface area contributed by atoms with E-state index in [1.165, 1.54) is 36.5 Å². The molecule has 2 unspecified atom stereocenters. The molecule has 2 atom stereocenters. The number of nitrogens with one attached hydrogen (secondary N) is 1. The van der Waals surface area contributed by atoms with Crippen molar-refractivity contribution in [3.05, 3.63) is 0 Å². The van der Waals surface area contributed by atoms with Gasteiger partial charge in [0.2, 0.25) is 0 Å². The highest BCUT2D eigenvalue weighted by molar-refractivity contribution is 14.1. The Bertz CT molecular complexity index is 130. The Morgan fingerprint density at radius 2 is 2.17 bits per heavy atom. The van der Waals surface area contributed by atoms with Gasteiger partial charge < -0.3 is 5.32 Å². The Morgan fingerprint density at radius 1 is 1.50 bits per heavy atom. The SMILES string of the molecule is CCC1(C)CC(CCCCI)N1. The van der Waals surface area contributed by atoms with Gasteiger partial charge in [-0.25, -0.2) is 0 Å². The van der Waals surface area contributed by atoms with Gasteiger partial charge in [-0.05, 0) is 37.0 Å². The Hall–Kier alpha value is 0.690. The molecule has 0 aliphatic carbocycles. The third-order valence-electron chi connectivity index (χ3n) is 2.97. The lowest BCUT2D eigenvalue weighted by atomic mass is 9.79. The van der Waals surface area contributed by atoms with Gasteiger partial charge in [0.1, 0.15) is 0 Å². The second kappa shape index (κ2) is 4.80. The first-order valence-electron chi connectivity index (χ1n) is 5.04. The van der Waals surface area contributed by atoms with Crippen LogP contribution in [-0.4, -0.2) is 16.0 Å². The molecule has 2 heteroatoms. The molecule has 1 saturated heterocycles. The van der Waals surface area contributed by atoms with Gasteiger partial charge in [0.25, 0.3) is 0 Å². The van der Waals surface area contributed by atoms with Crippen molar-refractivity contribution in [2.24, 2.45) is 0 Å². The Labute approximate surface area is 89.8 Å². The molecule has 1 rings (SSSR count). The van der Waals surface area contributed by atoms with Gasteiger partial charge in [0.05, 0.1) is 0 Å². The van der Waals surface area contributed by atoms with Crippen LogP contribution >= 0.6 is 22.6 Å². The van der Waals surface area contributed by atoms with Gasteiger partial charge in [-0.1, -0.05) is 35.9 Å². The highest BCUT2D eigenvalue weighted by atomic mass is 127. The molecule has 1 fully saturated rings. The second-order valence-corrected chi connectivity index (χ2v) is 5.22. The van der Waals surface area contributed by atoms with Crippen LogP contribution in [0.5, 0.6) is 0 Å². The second-order valence-electron chi connectivity index (χ2n) is 4.14. The first-order valence-corrected chi connectivity index (χ1v) is 6.56. The molecule has 1 nitrogen and oxygen atoms in total. The molecule has 0 saturated carbocycles. The van der Waals surface area contributed by atoms with Crippen molar-refractivity contribution < 1.29 is 0 Å². The van der Waals surface area contributed by atoms with E-state index in [0.717, 1.165) is 6.04 Å². The zero-order valence-electron chi connectivity index (χ0n) is 8.20. The van der Waals surface area contributed by atoms with Crippen LogP contribution in [0, 0.1) is 0 Å². The summed E-state index contributed by atoms with van der Waals surface area (Å²) in [6.07, 6.45) is 6.85. The molecule has 72 valence electrons. The van der Waals surface area contributed by atoms with Crippen LogP contribution in [0.1, 0.15) is 46.0 Å². The van der Waals surface area contributed by atoms with E-state index in [4.69, 9.17) is 0 Å². The van der Waals surface area contributed by atoms with E-state index in [1.54, 1.807) is 0 Å². The van der Waals surface area contributed by atoms with Crippen molar-refractivity contribution in [2.45, 2.75) is 57.5 Å². The maximum atomic E-state index is 3.66. The summed E-state index contributed by atoms with van der Waals surface area (Å²) < 4.78 is 1.32. The summed E-state index contributed by atoms with van der Waals surface area (Å²) in [7, 11) is 0. The molecule has 0 radical (unpaired) electrons. The quantitative estimate of drug-likeness (QED) is 0.464. The highest BCUT2D eigenvalue weighted by Crippen LogP contribution is 2.29. The average Bonchev–Trinajstić information content (AvgIpc) is 2.01. The van der Waals surface area contributed by atoms with Crippen LogP contribution in [0.3, 0.4) is 0 Å². The van der Waals surface area contributed by atoms with Crippen LogP contribution in [-0.2, 0) is 0 Å². The lowest BCUT2D eigenvalue weighted by molar-refractivity contribution is 0.140. The fourth-order valence-electron chi connectivity index (χ4n) is 1.92. The lowest BCUT2D eigenvalue weighted by Gasteiger charge is -2.47. The van der Waals surface area contributed by atoms with Crippen LogP contribution in [0.25, 0.3) is 0 Å². The minimum Gasteiger partial charge on any atom is -0.309 e. The third-order valence-corrected chi connectivity index (χ3v) is 3.73. The largest absolute Gasteiger partial charge is 0.309 e. The maximum Gasteiger partial charge on any atom is 0.0168 e. The van der Waals surface area contributed by atoms with Gasteiger partial charge in [-0.15, -0.1) is 0 Å². The predicted octanol–water partition coefficient (Wildman–Crippen LogP) is 3.12. The van der Waals surface area contributed by atoms with Gasteiger partial charge in [0, 0.05) is 11.6 Å². The minimum atomic E-state index is 0.481. The molecule has 0 aromatic carbocycles.